The average Bonchev–Trinajstić information content (AvgIpc) is 3.04. The molecule has 2 aromatic carbocycles. The maximum absolute atomic E-state index is 12.5. The summed E-state index contributed by atoms with van der Waals surface area (Å²) in [5.41, 5.74) is 3.94. The number of carbonyl (C=O) groups excluding carboxylic acids is 1. The highest BCUT2D eigenvalue weighted by Gasteiger charge is 2.24. The molecule has 0 aliphatic carbocycles. The summed E-state index contributed by atoms with van der Waals surface area (Å²) in [7, 11) is 0. The van der Waals surface area contributed by atoms with E-state index in [2.05, 4.69) is 36.2 Å². The van der Waals surface area contributed by atoms with Crippen LogP contribution in [0.5, 0.6) is 5.75 Å². The topological polar surface area (TPSA) is 45.3 Å². The molecule has 1 aromatic heterocycles. The summed E-state index contributed by atoms with van der Waals surface area (Å²) in [6.45, 7) is 4.32. The summed E-state index contributed by atoms with van der Waals surface area (Å²) in [6.07, 6.45) is 3.69. The van der Waals surface area contributed by atoms with Crippen molar-refractivity contribution in [3.8, 4) is 5.75 Å². The summed E-state index contributed by atoms with van der Waals surface area (Å²) in [5, 5.41) is 1.34. The number of carbonyl (C=O) groups is 1. The van der Waals surface area contributed by atoms with Gasteiger partial charge in [-0.25, -0.2) is 0 Å². The Morgan fingerprint density at radius 3 is 2.57 bits per heavy atom. The normalized spacial score (nSPS) is 15.1. The van der Waals surface area contributed by atoms with Crippen LogP contribution >= 0.6 is 0 Å². The second-order valence-corrected chi connectivity index (χ2v) is 7.71. The number of aromatic nitrogens is 1. The second-order valence-electron chi connectivity index (χ2n) is 7.71. The molecule has 4 nitrogen and oxygen atoms in total. The first kappa shape index (κ1) is 18.6. The molecule has 1 fully saturated rings. The Bertz CT molecular complexity index is 924. The molecular formula is C24H28N2O2. The third-order valence-electron chi connectivity index (χ3n) is 5.81. The predicted molar refractivity (Wildman–Crippen MR) is 113 cm³/mol. The van der Waals surface area contributed by atoms with E-state index < -0.39 is 0 Å². The predicted octanol–water partition coefficient (Wildman–Crippen LogP) is 4.73. The van der Waals surface area contributed by atoms with Gasteiger partial charge in [0.1, 0.15) is 5.75 Å². The van der Waals surface area contributed by atoms with Crippen molar-refractivity contribution in [3.05, 3.63) is 65.9 Å². The first-order valence-electron chi connectivity index (χ1n) is 10.2. The minimum absolute atomic E-state index is 0.206. The van der Waals surface area contributed by atoms with Gasteiger partial charge in [0.25, 0.3) is 0 Å². The van der Waals surface area contributed by atoms with Crippen molar-refractivity contribution >= 4 is 16.8 Å². The SMILES string of the molecule is Cc1[nH]c2ccccc2c1CC1CCN(C(=O)CCOc2ccccc2)CC1. The number of aryl methyl sites for hydroxylation is 1. The summed E-state index contributed by atoms with van der Waals surface area (Å²) in [6, 6.07) is 18.2. The number of rotatable bonds is 6. The van der Waals surface area contributed by atoms with E-state index in [-0.39, 0.29) is 5.91 Å². The highest BCUT2D eigenvalue weighted by Crippen LogP contribution is 2.28. The van der Waals surface area contributed by atoms with E-state index in [9.17, 15) is 4.79 Å². The van der Waals surface area contributed by atoms with Crippen molar-refractivity contribution in [2.24, 2.45) is 5.92 Å². The standard InChI is InChI=1S/C24H28N2O2/c1-18-22(21-9-5-6-10-23(21)25-18)17-19-11-14-26(15-12-19)24(27)13-16-28-20-7-3-2-4-8-20/h2-10,19,25H,11-17H2,1H3. The van der Waals surface area contributed by atoms with Crippen LogP contribution in [0.1, 0.15) is 30.5 Å². The van der Waals surface area contributed by atoms with Crippen LogP contribution in [0.4, 0.5) is 0 Å². The van der Waals surface area contributed by atoms with Crippen molar-refractivity contribution in [2.75, 3.05) is 19.7 Å². The van der Waals surface area contributed by atoms with E-state index in [0.717, 1.165) is 38.1 Å². The van der Waals surface area contributed by atoms with Gasteiger partial charge in [-0.3, -0.25) is 4.79 Å². The molecule has 0 unspecified atom stereocenters. The second kappa shape index (κ2) is 8.51. The van der Waals surface area contributed by atoms with Gasteiger partial charge < -0.3 is 14.6 Å². The number of aromatic amines is 1. The minimum Gasteiger partial charge on any atom is -0.493 e. The van der Waals surface area contributed by atoms with Crippen molar-refractivity contribution in [3.63, 3.8) is 0 Å². The lowest BCUT2D eigenvalue weighted by Gasteiger charge is -2.32. The van der Waals surface area contributed by atoms with Crippen LogP contribution in [0.25, 0.3) is 10.9 Å². The number of ether oxygens (including phenoxy) is 1. The fourth-order valence-electron chi connectivity index (χ4n) is 4.20. The third-order valence-corrected chi connectivity index (χ3v) is 5.81. The first-order valence-corrected chi connectivity index (χ1v) is 10.2. The number of benzene rings is 2. The molecule has 0 radical (unpaired) electrons. The van der Waals surface area contributed by atoms with Crippen LogP contribution < -0.4 is 4.74 Å². The Balaban J connectivity index is 1.26. The van der Waals surface area contributed by atoms with E-state index in [4.69, 9.17) is 4.74 Å². The molecule has 1 aliphatic heterocycles. The average molecular weight is 377 g/mol. The fourth-order valence-corrected chi connectivity index (χ4v) is 4.20. The van der Waals surface area contributed by atoms with Gasteiger partial charge in [0.2, 0.25) is 5.91 Å². The third kappa shape index (κ3) is 4.22. The number of H-pyrrole nitrogens is 1. The van der Waals surface area contributed by atoms with Gasteiger partial charge in [-0.15, -0.1) is 0 Å². The Hall–Kier alpha value is -2.75. The molecule has 1 aliphatic rings. The molecule has 2 heterocycles. The molecule has 1 saturated heterocycles. The van der Waals surface area contributed by atoms with Crippen LogP contribution in [-0.2, 0) is 11.2 Å². The number of piperidine rings is 1. The lowest BCUT2D eigenvalue weighted by molar-refractivity contribution is -0.133. The summed E-state index contributed by atoms with van der Waals surface area (Å²) in [5.74, 6) is 1.67. The molecule has 4 rings (SSSR count). The highest BCUT2D eigenvalue weighted by atomic mass is 16.5. The van der Waals surface area contributed by atoms with Crippen LogP contribution in [0.3, 0.4) is 0 Å². The number of likely N-dealkylation sites (tertiary alicyclic amines) is 1. The molecular weight excluding hydrogens is 348 g/mol. The molecule has 0 bridgehead atoms. The van der Waals surface area contributed by atoms with E-state index in [1.54, 1.807) is 0 Å². The Kier molecular flexibility index (Phi) is 5.65. The van der Waals surface area contributed by atoms with Gasteiger partial charge in [-0.05, 0) is 55.9 Å². The zero-order valence-corrected chi connectivity index (χ0v) is 16.5. The molecule has 4 heteroatoms. The van der Waals surface area contributed by atoms with Gasteiger partial charge in [0.15, 0.2) is 0 Å². The van der Waals surface area contributed by atoms with Crippen LogP contribution in [0.2, 0.25) is 0 Å². The quantitative estimate of drug-likeness (QED) is 0.676. The van der Waals surface area contributed by atoms with Crippen LogP contribution in [0.15, 0.2) is 54.6 Å². The maximum Gasteiger partial charge on any atom is 0.225 e. The van der Waals surface area contributed by atoms with E-state index in [1.165, 1.54) is 22.2 Å². The van der Waals surface area contributed by atoms with Crippen molar-refractivity contribution in [2.45, 2.75) is 32.6 Å². The van der Waals surface area contributed by atoms with Crippen molar-refractivity contribution in [1.82, 2.24) is 9.88 Å². The zero-order valence-electron chi connectivity index (χ0n) is 16.5. The number of hydrogen-bond acceptors (Lipinski definition) is 2. The number of nitrogens with zero attached hydrogens (tertiary/aromatic N) is 1. The molecule has 3 aromatic rings. The van der Waals surface area contributed by atoms with Crippen LogP contribution in [0, 0.1) is 12.8 Å². The minimum atomic E-state index is 0.206. The van der Waals surface area contributed by atoms with Gasteiger partial charge in [-0.2, -0.15) is 0 Å². The number of hydrogen-bond donors (Lipinski definition) is 1. The molecule has 0 atom stereocenters. The maximum atomic E-state index is 12.5. The molecule has 1 N–H and O–H groups in total. The largest absolute Gasteiger partial charge is 0.493 e. The number of nitrogens with one attached hydrogen (secondary N) is 1. The number of amides is 1. The molecule has 28 heavy (non-hydrogen) atoms. The number of para-hydroxylation sites is 2. The Morgan fingerprint density at radius 1 is 1.07 bits per heavy atom. The highest BCUT2D eigenvalue weighted by molar-refractivity contribution is 5.84. The van der Waals surface area contributed by atoms with Crippen LogP contribution in [-0.4, -0.2) is 35.5 Å². The van der Waals surface area contributed by atoms with E-state index in [0.29, 0.717) is 18.9 Å². The van der Waals surface area contributed by atoms with Gasteiger partial charge in [0.05, 0.1) is 13.0 Å². The molecule has 1 amide bonds. The van der Waals surface area contributed by atoms with Crippen molar-refractivity contribution < 1.29 is 9.53 Å². The fraction of sp³-hybridized carbons (Fsp3) is 0.375. The monoisotopic (exact) mass is 376 g/mol. The summed E-state index contributed by atoms with van der Waals surface area (Å²) in [4.78, 5) is 18.0. The first-order chi connectivity index (χ1) is 13.7. The molecule has 0 saturated carbocycles. The summed E-state index contributed by atoms with van der Waals surface area (Å²) >= 11 is 0. The Labute approximate surface area is 166 Å². The lowest BCUT2D eigenvalue weighted by Crippen LogP contribution is -2.39. The zero-order chi connectivity index (χ0) is 19.3. The van der Waals surface area contributed by atoms with Gasteiger partial charge >= 0.3 is 0 Å². The molecule has 0 spiro atoms. The van der Waals surface area contributed by atoms with Crippen molar-refractivity contribution in [1.29, 1.82) is 0 Å². The van der Waals surface area contributed by atoms with E-state index in [1.807, 2.05) is 35.2 Å². The molecule has 146 valence electrons. The Morgan fingerprint density at radius 2 is 1.79 bits per heavy atom. The smallest absolute Gasteiger partial charge is 0.225 e. The lowest BCUT2D eigenvalue weighted by atomic mass is 9.89. The van der Waals surface area contributed by atoms with E-state index >= 15 is 0 Å². The van der Waals surface area contributed by atoms with Gasteiger partial charge in [-0.1, -0.05) is 36.4 Å². The van der Waals surface area contributed by atoms with Gasteiger partial charge in [0, 0.05) is 29.7 Å². The number of fused-ring (bicyclic) bond motifs is 1. The summed E-state index contributed by atoms with van der Waals surface area (Å²) < 4.78 is 5.66.